The van der Waals surface area contributed by atoms with Crippen LogP contribution < -0.4 is 9.47 Å². The molecule has 0 unspecified atom stereocenters. The van der Waals surface area contributed by atoms with Crippen molar-refractivity contribution in [1.29, 1.82) is 0 Å². The number of aromatic amines is 1. The zero-order chi connectivity index (χ0) is 17.0. The average Bonchev–Trinajstić information content (AvgIpc) is 2.90. The van der Waals surface area contributed by atoms with E-state index < -0.39 is 6.61 Å². The number of hydrogen-bond donors (Lipinski definition) is 1. The first-order valence-corrected chi connectivity index (χ1v) is 7.42. The first kappa shape index (κ1) is 17.2. The van der Waals surface area contributed by atoms with Crippen LogP contribution in [0.1, 0.15) is 44.9 Å². The maximum Gasteiger partial charge on any atom is 0.387 e. The largest absolute Gasteiger partial charge is 0.490 e. The summed E-state index contributed by atoms with van der Waals surface area (Å²) in [5.74, 6) is 1.76. The summed E-state index contributed by atoms with van der Waals surface area (Å²) in [7, 11) is 0. The number of H-pyrrole nitrogens is 1. The van der Waals surface area contributed by atoms with Crippen molar-refractivity contribution in [2.75, 3.05) is 6.61 Å². The van der Waals surface area contributed by atoms with Crippen molar-refractivity contribution < 1.29 is 18.3 Å². The SMILES string of the molecule is CCOc1cc(Cc2nc(C(C)(C)C)n[nH]2)ccc1OC(F)F. The fraction of sp³-hybridized carbons (Fsp3) is 0.500. The van der Waals surface area contributed by atoms with Gasteiger partial charge in [-0.05, 0) is 24.6 Å². The number of nitrogens with one attached hydrogen (secondary N) is 1. The van der Waals surface area contributed by atoms with Gasteiger partial charge in [-0.1, -0.05) is 26.8 Å². The molecular formula is C16H21F2N3O2. The molecule has 0 saturated carbocycles. The second-order valence-electron chi connectivity index (χ2n) is 6.13. The fourth-order valence-corrected chi connectivity index (χ4v) is 2.03. The van der Waals surface area contributed by atoms with Crippen molar-refractivity contribution in [1.82, 2.24) is 15.2 Å². The van der Waals surface area contributed by atoms with Crippen molar-refractivity contribution in [3.63, 3.8) is 0 Å². The van der Waals surface area contributed by atoms with Crippen LogP contribution in [0.25, 0.3) is 0 Å². The minimum Gasteiger partial charge on any atom is -0.490 e. The van der Waals surface area contributed by atoms with Crippen LogP contribution in [-0.2, 0) is 11.8 Å². The number of rotatable bonds is 6. The minimum atomic E-state index is -2.89. The molecule has 0 aliphatic carbocycles. The number of alkyl halides is 2. The molecule has 2 aromatic rings. The van der Waals surface area contributed by atoms with E-state index in [0.29, 0.717) is 24.6 Å². The van der Waals surface area contributed by atoms with Crippen LogP contribution in [0.5, 0.6) is 11.5 Å². The van der Waals surface area contributed by atoms with Crippen LogP contribution in [0, 0.1) is 0 Å². The van der Waals surface area contributed by atoms with E-state index in [9.17, 15) is 8.78 Å². The Morgan fingerprint density at radius 1 is 1.22 bits per heavy atom. The average molecular weight is 325 g/mol. The first-order valence-electron chi connectivity index (χ1n) is 7.42. The maximum absolute atomic E-state index is 12.4. The predicted molar refractivity (Wildman–Crippen MR) is 82.1 cm³/mol. The van der Waals surface area contributed by atoms with Gasteiger partial charge in [0.2, 0.25) is 0 Å². The lowest BCUT2D eigenvalue weighted by molar-refractivity contribution is -0.0514. The molecule has 126 valence electrons. The number of hydrogen-bond acceptors (Lipinski definition) is 4. The van der Waals surface area contributed by atoms with Crippen molar-refractivity contribution >= 4 is 0 Å². The molecule has 0 spiro atoms. The van der Waals surface area contributed by atoms with Crippen molar-refractivity contribution in [2.24, 2.45) is 0 Å². The van der Waals surface area contributed by atoms with Gasteiger partial charge in [0.1, 0.15) is 5.82 Å². The van der Waals surface area contributed by atoms with E-state index in [1.54, 1.807) is 19.1 Å². The summed E-state index contributed by atoms with van der Waals surface area (Å²) < 4.78 is 34.6. The molecule has 0 atom stereocenters. The van der Waals surface area contributed by atoms with E-state index in [-0.39, 0.29) is 11.2 Å². The Morgan fingerprint density at radius 3 is 2.52 bits per heavy atom. The summed E-state index contributed by atoms with van der Waals surface area (Å²) in [6.07, 6.45) is 0.498. The zero-order valence-corrected chi connectivity index (χ0v) is 13.7. The van der Waals surface area contributed by atoms with E-state index in [0.717, 1.165) is 11.4 Å². The number of benzene rings is 1. The van der Waals surface area contributed by atoms with Gasteiger partial charge in [-0.2, -0.15) is 13.9 Å². The lowest BCUT2D eigenvalue weighted by atomic mass is 9.96. The summed E-state index contributed by atoms with van der Waals surface area (Å²) in [6, 6.07) is 4.87. The van der Waals surface area contributed by atoms with Gasteiger partial charge in [-0.25, -0.2) is 4.98 Å². The van der Waals surface area contributed by atoms with Crippen LogP contribution >= 0.6 is 0 Å². The highest BCUT2D eigenvalue weighted by atomic mass is 19.3. The van der Waals surface area contributed by atoms with Crippen LogP contribution in [0.3, 0.4) is 0 Å². The van der Waals surface area contributed by atoms with Gasteiger partial charge in [-0.15, -0.1) is 0 Å². The quantitative estimate of drug-likeness (QED) is 0.880. The van der Waals surface area contributed by atoms with Crippen LogP contribution in [0.2, 0.25) is 0 Å². The highest BCUT2D eigenvalue weighted by molar-refractivity contribution is 5.43. The second kappa shape index (κ2) is 6.93. The number of nitrogens with zero attached hydrogens (tertiary/aromatic N) is 2. The van der Waals surface area contributed by atoms with E-state index in [1.165, 1.54) is 6.07 Å². The smallest absolute Gasteiger partial charge is 0.387 e. The molecule has 1 aromatic carbocycles. The van der Waals surface area contributed by atoms with Gasteiger partial charge in [0.05, 0.1) is 6.61 Å². The minimum absolute atomic E-state index is 0.0264. The molecule has 1 aromatic heterocycles. The van der Waals surface area contributed by atoms with Gasteiger partial charge in [0, 0.05) is 11.8 Å². The van der Waals surface area contributed by atoms with Gasteiger partial charge in [0.15, 0.2) is 17.3 Å². The predicted octanol–water partition coefficient (Wildman–Crippen LogP) is 3.69. The Labute approximate surface area is 134 Å². The topological polar surface area (TPSA) is 60.0 Å². The Bertz CT molecular complexity index is 651. The van der Waals surface area contributed by atoms with E-state index in [4.69, 9.17) is 4.74 Å². The Hall–Kier alpha value is -2.18. The molecule has 1 N–H and O–H groups in total. The maximum atomic E-state index is 12.4. The summed E-state index contributed by atoms with van der Waals surface area (Å²) in [6.45, 7) is 5.35. The molecule has 0 aliphatic heterocycles. The molecule has 0 aliphatic rings. The van der Waals surface area contributed by atoms with Gasteiger partial charge < -0.3 is 9.47 Å². The summed E-state index contributed by atoms with van der Waals surface area (Å²) in [5, 5.41) is 7.11. The molecule has 1 heterocycles. The number of aromatic nitrogens is 3. The zero-order valence-electron chi connectivity index (χ0n) is 13.7. The molecule has 5 nitrogen and oxygen atoms in total. The van der Waals surface area contributed by atoms with Crippen LogP contribution in [0.4, 0.5) is 8.78 Å². The molecule has 0 bridgehead atoms. The molecule has 0 amide bonds. The summed E-state index contributed by atoms with van der Waals surface area (Å²) in [4.78, 5) is 4.46. The Kier molecular flexibility index (Phi) is 5.18. The third-order valence-electron chi connectivity index (χ3n) is 3.10. The van der Waals surface area contributed by atoms with E-state index >= 15 is 0 Å². The van der Waals surface area contributed by atoms with Crippen LogP contribution in [-0.4, -0.2) is 28.4 Å². The molecule has 0 fully saturated rings. The molecule has 2 rings (SSSR count). The number of halogens is 2. The normalized spacial score (nSPS) is 11.8. The molecule has 0 saturated heterocycles. The number of ether oxygens (including phenoxy) is 2. The lowest BCUT2D eigenvalue weighted by Gasteiger charge is -2.12. The van der Waals surface area contributed by atoms with E-state index in [1.807, 2.05) is 20.8 Å². The van der Waals surface area contributed by atoms with Crippen LogP contribution in [0.15, 0.2) is 18.2 Å². The second-order valence-corrected chi connectivity index (χ2v) is 6.13. The third-order valence-corrected chi connectivity index (χ3v) is 3.10. The molecule has 23 heavy (non-hydrogen) atoms. The molecule has 7 heteroatoms. The molecular weight excluding hydrogens is 304 g/mol. The molecule has 0 radical (unpaired) electrons. The monoisotopic (exact) mass is 325 g/mol. The lowest BCUT2D eigenvalue weighted by Crippen LogP contribution is -2.13. The van der Waals surface area contributed by atoms with Gasteiger partial charge >= 0.3 is 6.61 Å². The van der Waals surface area contributed by atoms with Crippen molar-refractivity contribution in [3.05, 3.63) is 35.4 Å². The van der Waals surface area contributed by atoms with E-state index in [2.05, 4.69) is 19.9 Å². The van der Waals surface area contributed by atoms with Crippen molar-refractivity contribution in [3.8, 4) is 11.5 Å². The highest BCUT2D eigenvalue weighted by Gasteiger charge is 2.19. The first-order chi connectivity index (χ1) is 10.8. The fourth-order valence-electron chi connectivity index (χ4n) is 2.03. The third kappa shape index (κ3) is 4.64. The van der Waals surface area contributed by atoms with Gasteiger partial charge in [-0.3, -0.25) is 5.10 Å². The van der Waals surface area contributed by atoms with Crippen molar-refractivity contribution in [2.45, 2.75) is 46.1 Å². The Morgan fingerprint density at radius 2 is 1.96 bits per heavy atom. The van der Waals surface area contributed by atoms with Gasteiger partial charge in [0.25, 0.3) is 0 Å². The summed E-state index contributed by atoms with van der Waals surface area (Å²) >= 11 is 0. The highest BCUT2D eigenvalue weighted by Crippen LogP contribution is 2.30. The standard InChI is InChI=1S/C16H21F2N3O2/c1-5-22-12-8-10(6-7-11(12)23-15(17)18)9-13-19-14(21-20-13)16(2,3)4/h6-8,15H,5,9H2,1-4H3,(H,19,20,21). The summed E-state index contributed by atoms with van der Waals surface area (Å²) in [5.41, 5.74) is 0.729. The Balaban J connectivity index is 2.19.